The van der Waals surface area contributed by atoms with Gasteiger partial charge in [0, 0.05) is 0 Å². The normalized spacial score (nSPS) is 15.3. The van der Waals surface area contributed by atoms with Gasteiger partial charge in [0.1, 0.15) is 10.9 Å². The summed E-state index contributed by atoms with van der Waals surface area (Å²) in [5.74, 6) is 2.03. The first-order valence-electron chi connectivity index (χ1n) is 15.3. The van der Waals surface area contributed by atoms with Crippen LogP contribution in [0.4, 0.5) is 0 Å². The highest BCUT2D eigenvalue weighted by molar-refractivity contribution is 8.00. The summed E-state index contributed by atoms with van der Waals surface area (Å²) in [5, 5.41) is 20.5. The molecule has 0 fully saturated rings. The molecule has 0 aliphatic rings. The van der Waals surface area contributed by atoms with Gasteiger partial charge in [-0.25, -0.2) is 0 Å². The largest absolute Gasteiger partial charge is 0.390 e. The SMILES string of the molecule is CCCCCCCCCCCCSC(OC(SCCCCCCCCCCCC)C(C)O)C(C)O. The van der Waals surface area contributed by atoms with Crippen molar-refractivity contribution in [2.24, 2.45) is 0 Å². The zero-order chi connectivity index (χ0) is 26.0. The van der Waals surface area contributed by atoms with Crippen molar-refractivity contribution in [3.05, 3.63) is 0 Å². The standard InChI is InChI=1S/C30H62O3S2/c1-5-7-9-11-13-15-17-19-21-23-25-34-29(27(3)31)33-30(28(4)32)35-26-24-22-20-18-16-14-12-10-8-6-2/h27-32H,5-26H2,1-4H3. The highest BCUT2D eigenvalue weighted by Gasteiger charge is 2.24. The fourth-order valence-corrected chi connectivity index (χ4v) is 6.52. The maximum Gasteiger partial charge on any atom is 0.130 e. The van der Waals surface area contributed by atoms with E-state index in [1.807, 2.05) is 13.8 Å². The second kappa shape index (κ2) is 27.6. The van der Waals surface area contributed by atoms with Crippen molar-refractivity contribution in [1.82, 2.24) is 0 Å². The maximum absolute atomic E-state index is 10.2. The molecule has 212 valence electrons. The molecule has 0 aliphatic carbocycles. The second-order valence-electron chi connectivity index (χ2n) is 10.5. The Morgan fingerprint density at radius 1 is 0.457 bits per heavy atom. The van der Waals surface area contributed by atoms with E-state index in [1.165, 1.54) is 128 Å². The molecule has 2 N–H and O–H groups in total. The topological polar surface area (TPSA) is 49.7 Å². The number of aliphatic hydroxyl groups is 2. The van der Waals surface area contributed by atoms with Gasteiger partial charge in [0.25, 0.3) is 0 Å². The molecule has 0 saturated carbocycles. The van der Waals surface area contributed by atoms with Crippen LogP contribution in [-0.2, 0) is 4.74 Å². The lowest BCUT2D eigenvalue weighted by Crippen LogP contribution is -2.33. The number of hydrogen-bond donors (Lipinski definition) is 2. The monoisotopic (exact) mass is 534 g/mol. The lowest BCUT2D eigenvalue weighted by atomic mass is 10.1. The van der Waals surface area contributed by atoms with Gasteiger partial charge >= 0.3 is 0 Å². The molecule has 0 aliphatic heterocycles. The summed E-state index contributed by atoms with van der Waals surface area (Å²) in [6, 6.07) is 0. The molecule has 0 aromatic heterocycles. The van der Waals surface area contributed by atoms with Gasteiger partial charge in [0.15, 0.2) is 0 Å². The number of ether oxygens (including phenoxy) is 1. The molecule has 0 aromatic carbocycles. The molecular weight excluding hydrogens is 472 g/mol. The third-order valence-corrected chi connectivity index (χ3v) is 9.33. The number of rotatable bonds is 28. The molecule has 0 radical (unpaired) electrons. The predicted molar refractivity (Wildman–Crippen MR) is 161 cm³/mol. The Kier molecular flexibility index (Phi) is 28.1. The summed E-state index contributed by atoms with van der Waals surface area (Å²) in [5.41, 5.74) is -0.512. The Bertz CT molecular complexity index is 371. The average Bonchev–Trinajstić information content (AvgIpc) is 2.83. The Labute approximate surface area is 228 Å². The highest BCUT2D eigenvalue weighted by atomic mass is 32.2. The van der Waals surface area contributed by atoms with Gasteiger partial charge in [-0.05, 0) is 38.2 Å². The minimum Gasteiger partial charge on any atom is -0.390 e. The van der Waals surface area contributed by atoms with E-state index in [-0.39, 0.29) is 10.9 Å². The van der Waals surface area contributed by atoms with Gasteiger partial charge in [-0.15, -0.1) is 23.5 Å². The lowest BCUT2D eigenvalue weighted by Gasteiger charge is -2.28. The van der Waals surface area contributed by atoms with Gasteiger partial charge in [0.05, 0.1) is 12.2 Å². The highest BCUT2D eigenvalue weighted by Crippen LogP contribution is 2.27. The molecule has 5 heteroatoms. The van der Waals surface area contributed by atoms with Crippen LogP contribution < -0.4 is 0 Å². The fourth-order valence-electron chi connectivity index (χ4n) is 4.29. The third-order valence-electron chi connectivity index (χ3n) is 6.62. The van der Waals surface area contributed by atoms with Crippen LogP contribution in [0.3, 0.4) is 0 Å². The molecule has 35 heavy (non-hydrogen) atoms. The molecule has 0 aromatic rings. The number of unbranched alkanes of at least 4 members (excludes halogenated alkanes) is 18. The zero-order valence-electron chi connectivity index (χ0n) is 24.0. The van der Waals surface area contributed by atoms with Crippen molar-refractivity contribution < 1.29 is 14.9 Å². The van der Waals surface area contributed by atoms with E-state index >= 15 is 0 Å². The van der Waals surface area contributed by atoms with Crippen molar-refractivity contribution in [3.8, 4) is 0 Å². The molecule has 4 unspecified atom stereocenters. The molecule has 0 heterocycles. The fraction of sp³-hybridized carbons (Fsp3) is 1.00. The minimum atomic E-state index is -0.526. The Hall–Kier alpha value is 0.580. The van der Waals surface area contributed by atoms with Gasteiger partial charge < -0.3 is 14.9 Å². The van der Waals surface area contributed by atoms with Gasteiger partial charge in [-0.2, -0.15) is 0 Å². The molecule has 3 nitrogen and oxygen atoms in total. The van der Waals surface area contributed by atoms with Crippen molar-refractivity contribution in [1.29, 1.82) is 0 Å². The molecule has 0 amide bonds. The molecule has 0 saturated heterocycles. The Morgan fingerprint density at radius 3 is 0.971 bits per heavy atom. The molecule has 0 bridgehead atoms. The van der Waals surface area contributed by atoms with Crippen LogP contribution in [0.25, 0.3) is 0 Å². The van der Waals surface area contributed by atoms with E-state index < -0.39 is 12.2 Å². The van der Waals surface area contributed by atoms with E-state index in [1.54, 1.807) is 23.5 Å². The second-order valence-corrected chi connectivity index (χ2v) is 12.9. The van der Waals surface area contributed by atoms with Crippen LogP contribution in [0.5, 0.6) is 0 Å². The molecule has 4 atom stereocenters. The summed E-state index contributed by atoms with van der Waals surface area (Å²) in [6.45, 7) is 8.16. The van der Waals surface area contributed by atoms with Gasteiger partial charge in [-0.1, -0.05) is 129 Å². The van der Waals surface area contributed by atoms with Crippen LogP contribution in [0.2, 0.25) is 0 Å². The predicted octanol–water partition coefficient (Wildman–Crippen LogP) is 9.72. The van der Waals surface area contributed by atoms with Crippen molar-refractivity contribution in [2.75, 3.05) is 11.5 Å². The first-order valence-corrected chi connectivity index (χ1v) is 17.4. The molecule has 0 rings (SSSR count). The third kappa shape index (κ3) is 24.7. The molecule has 0 spiro atoms. The average molecular weight is 535 g/mol. The summed E-state index contributed by atoms with van der Waals surface area (Å²) in [7, 11) is 0. The van der Waals surface area contributed by atoms with E-state index in [9.17, 15) is 10.2 Å². The van der Waals surface area contributed by atoms with Crippen LogP contribution in [0.15, 0.2) is 0 Å². The van der Waals surface area contributed by atoms with E-state index in [2.05, 4.69) is 13.8 Å². The number of aliphatic hydroxyl groups excluding tert-OH is 2. The van der Waals surface area contributed by atoms with Crippen LogP contribution >= 0.6 is 23.5 Å². The Morgan fingerprint density at radius 2 is 0.714 bits per heavy atom. The summed E-state index contributed by atoms with van der Waals surface area (Å²) < 4.78 is 6.18. The zero-order valence-corrected chi connectivity index (χ0v) is 25.6. The van der Waals surface area contributed by atoms with E-state index in [0.29, 0.717) is 0 Å². The molecular formula is C30H62O3S2. The summed E-state index contributed by atoms with van der Waals surface area (Å²) in [6.07, 6.45) is 25.8. The quantitative estimate of drug-likeness (QED) is 0.0772. The summed E-state index contributed by atoms with van der Waals surface area (Å²) in [4.78, 5) is 0. The van der Waals surface area contributed by atoms with Crippen molar-refractivity contribution >= 4 is 23.5 Å². The van der Waals surface area contributed by atoms with E-state index in [4.69, 9.17) is 4.74 Å². The first kappa shape index (κ1) is 35.6. The smallest absolute Gasteiger partial charge is 0.130 e. The van der Waals surface area contributed by atoms with Crippen LogP contribution in [0, 0.1) is 0 Å². The van der Waals surface area contributed by atoms with Crippen molar-refractivity contribution in [2.45, 2.75) is 179 Å². The van der Waals surface area contributed by atoms with Crippen LogP contribution in [0.1, 0.15) is 156 Å². The maximum atomic E-state index is 10.2. The van der Waals surface area contributed by atoms with E-state index in [0.717, 1.165) is 11.5 Å². The van der Waals surface area contributed by atoms with Gasteiger partial charge in [-0.3, -0.25) is 0 Å². The Balaban J connectivity index is 3.87. The first-order chi connectivity index (χ1) is 17.0. The van der Waals surface area contributed by atoms with Gasteiger partial charge in [0.2, 0.25) is 0 Å². The van der Waals surface area contributed by atoms with Crippen molar-refractivity contribution in [3.63, 3.8) is 0 Å². The number of hydrogen-bond acceptors (Lipinski definition) is 5. The lowest BCUT2D eigenvalue weighted by molar-refractivity contribution is -0.0311. The minimum absolute atomic E-state index is 0.256. The number of thioether (sulfide) groups is 2. The van der Waals surface area contributed by atoms with Crippen LogP contribution in [-0.4, -0.2) is 44.8 Å². The summed E-state index contributed by atoms with van der Waals surface area (Å²) >= 11 is 3.43.